The van der Waals surface area contributed by atoms with Gasteiger partial charge < -0.3 is 5.11 Å². The van der Waals surface area contributed by atoms with Crippen LogP contribution in [0.3, 0.4) is 0 Å². The van der Waals surface area contributed by atoms with Gasteiger partial charge in [-0.05, 0) is 48.5 Å². The molecule has 0 radical (unpaired) electrons. The molecule has 3 aromatic rings. The van der Waals surface area contributed by atoms with Crippen LogP contribution in [-0.4, -0.2) is 11.1 Å². The Labute approximate surface area is 195 Å². The third-order valence-electron chi connectivity index (χ3n) is 4.35. The van der Waals surface area contributed by atoms with E-state index in [4.69, 9.17) is 10.4 Å². The molecule has 0 atom stereocenters. The highest BCUT2D eigenvalue weighted by Gasteiger charge is 2.00. The zero-order valence-electron chi connectivity index (χ0n) is 19.1. The summed E-state index contributed by atoms with van der Waals surface area (Å²) < 4.78 is 12.4. The maximum absolute atomic E-state index is 12.4. The first-order valence-electron chi connectivity index (χ1n) is 11.0. The first-order chi connectivity index (χ1) is 16.0. The number of nitriles is 1. The number of azo groups is 1. The van der Waals surface area contributed by atoms with E-state index in [-0.39, 0.29) is 11.1 Å². The van der Waals surface area contributed by atoms with Crippen LogP contribution < -0.4 is 0 Å². The minimum atomic E-state index is -0.948. The van der Waals surface area contributed by atoms with Crippen molar-refractivity contribution in [3.63, 3.8) is 0 Å². The molecule has 3 aromatic carbocycles. The molecule has 0 aliphatic rings. The van der Waals surface area contributed by atoms with E-state index < -0.39 is 11.8 Å². The summed E-state index contributed by atoms with van der Waals surface area (Å²) in [7, 11) is 0. The molecule has 172 valence electrons. The third kappa shape index (κ3) is 11.9. The Morgan fingerprint density at radius 2 is 1.33 bits per heavy atom. The lowest BCUT2D eigenvalue weighted by molar-refractivity contribution is 0.0697. The number of hydrogen-bond donors (Lipinski definition) is 1. The fourth-order valence-electron chi connectivity index (χ4n) is 2.51. The summed E-state index contributed by atoms with van der Waals surface area (Å²) in [6.45, 7) is 4.49. The van der Waals surface area contributed by atoms with E-state index in [0.29, 0.717) is 5.69 Å². The predicted molar refractivity (Wildman–Crippen MR) is 130 cm³/mol. The molecule has 0 amide bonds. The Morgan fingerprint density at radius 3 is 1.79 bits per heavy atom. The van der Waals surface area contributed by atoms with Crippen molar-refractivity contribution < 1.29 is 14.3 Å². The second-order valence-corrected chi connectivity index (χ2v) is 7.04. The van der Waals surface area contributed by atoms with Crippen LogP contribution in [0.2, 0.25) is 0 Å². The second kappa shape index (κ2) is 16.8. The van der Waals surface area contributed by atoms with Gasteiger partial charge in [-0.1, -0.05) is 76.3 Å². The summed E-state index contributed by atoms with van der Waals surface area (Å²) in [4.78, 5) is 10.6. The summed E-state index contributed by atoms with van der Waals surface area (Å²) in [5.41, 5.74) is 1.72. The Balaban J connectivity index is 0.000000286. The van der Waals surface area contributed by atoms with Crippen molar-refractivity contribution in [2.75, 3.05) is 0 Å². The fourth-order valence-corrected chi connectivity index (χ4v) is 2.51. The van der Waals surface area contributed by atoms with Gasteiger partial charge in [0, 0.05) is 0 Å². The van der Waals surface area contributed by atoms with Crippen LogP contribution >= 0.6 is 0 Å². The Kier molecular flexibility index (Phi) is 13.8. The summed E-state index contributed by atoms with van der Waals surface area (Å²) in [5.74, 6) is -1.41. The maximum atomic E-state index is 12.4. The molecule has 6 heteroatoms. The zero-order chi connectivity index (χ0) is 24.3. The number of carboxylic acid groups (broad SMARTS) is 1. The van der Waals surface area contributed by atoms with Gasteiger partial charge in [0.05, 0.1) is 22.5 Å². The second-order valence-electron chi connectivity index (χ2n) is 7.04. The van der Waals surface area contributed by atoms with Crippen LogP contribution in [0.25, 0.3) is 0 Å². The molecule has 0 unspecified atom stereocenters. The monoisotopic (exact) mass is 447 g/mol. The number of carboxylic acids is 1. The minimum Gasteiger partial charge on any atom is -0.478 e. The van der Waals surface area contributed by atoms with Crippen molar-refractivity contribution in [1.29, 1.82) is 5.26 Å². The normalized spacial score (nSPS) is 9.76. The van der Waals surface area contributed by atoms with Gasteiger partial charge in [-0.2, -0.15) is 15.5 Å². The van der Waals surface area contributed by atoms with Crippen molar-refractivity contribution in [3.05, 3.63) is 95.8 Å². The van der Waals surface area contributed by atoms with Crippen molar-refractivity contribution in [2.24, 2.45) is 10.2 Å². The largest absolute Gasteiger partial charge is 0.478 e. The smallest absolute Gasteiger partial charge is 0.335 e. The van der Waals surface area contributed by atoms with Crippen LogP contribution in [0.15, 0.2) is 89.1 Å². The molecule has 0 aliphatic carbocycles. The van der Waals surface area contributed by atoms with Crippen molar-refractivity contribution in [1.82, 2.24) is 0 Å². The molecule has 0 aliphatic heterocycles. The molecular formula is C27H30FN3O2. The van der Waals surface area contributed by atoms with E-state index in [1.807, 2.05) is 30.3 Å². The number of carbonyl (C=O) groups is 1. The van der Waals surface area contributed by atoms with E-state index in [1.165, 1.54) is 56.4 Å². The first kappa shape index (κ1) is 27.2. The molecule has 3 rings (SSSR count). The summed E-state index contributed by atoms with van der Waals surface area (Å²) in [6, 6.07) is 23.2. The molecule has 0 bridgehead atoms. The summed E-state index contributed by atoms with van der Waals surface area (Å²) in [6.07, 6.45) is 7.01. The van der Waals surface area contributed by atoms with Gasteiger partial charge in [-0.25, -0.2) is 9.18 Å². The van der Waals surface area contributed by atoms with E-state index >= 15 is 0 Å². The van der Waals surface area contributed by atoms with Gasteiger partial charge in [0.15, 0.2) is 0 Å². The van der Waals surface area contributed by atoms with Gasteiger partial charge in [-0.15, -0.1) is 0 Å². The van der Waals surface area contributed by atoms with E-state index in [9.17, 15) is 9.18 Å². The van der Waals surface area contributed by atoms with Crippen LogP contribution in [-0.2, 0) is 0 Å². The van der Waals surface area contributed by atoms with Crippen molar-refractivity contribution in [3.8, 4) is 6.07 Å². The number of aromatic carboxylic acids is 1. The number of hydrogen-bond acceptors (Lipinski definition) is 4. The van der Waals surface area contributed by atoms with Gasteiger partial charge in [-0.3, -0.25) is 0 Å². The maximum Gasteiger partial charge on any atom is 0.335 e. The van der Waals surface area contributed by atoms with E-state index in [2.05, 4.69) is 24.1 Å². The minimum absolute atomic E-state index is 0.0949. The molecule has 1 N–H and O–H groups in total. The number of halogens is 1. The first-order valence-corrected chi connectivity index (χ1v) is 11.0. The standard InChI is InChI=1S/C13H10N2O2.C7H4FN.C7H16/c16-13(17)10-6-8-12(9-7-10)15-14-11-4-2-1-3-5-11;8-7-4-2-1-3-6(7)5-9;1-3-5-7-6-4-2/h1-9H,(H,16,17);1-4H;3-7H2,1-2H3. The average Bonchev–Trinajstić information content (AvgIpc) is 2.85. The van der Waals surface area contributed by atoms with Crippen molar-refractivity contribution in [2.45, 2.75) is 46.0 Å². The highest BCUT2D eigenvalue weighted by molar-refractivity contribution is 5.87. The number of unbranched alkanes of at least 4 members (excludes halogenated alkanes) is 4. The van der Waals surface area contributed by atoms with E-state index in [0.717, 1.165) is 5.69 Å². The molecule has 0 spiro atoms. The Bertz CT molecular complexity index is 1010. The fraction of sp³-hybridized carbons (Fsp3) is 0.259. The van der Waals surface area contributed by atoms with Crippen LogP contribution in [0, 0.1) is 17.1 Å². The third-order valence-corrected chi connectivity index (χ3v) is 4.35. The van der Waals surface area contributed by atoms with Crippen molar-refractivity contribution >= 4 is 17.3 Å². The molecule has 0 aromatic heterocycles. The van der Waals surface area contributed by atoms with Crippen LogP contribution in [0.5, 0.6) is 0 Å². The molecule has 0 saturated heterocycles. The quantitative estimate of drug-likeness (QED) is 0.291. The predicted octanol–water partition coefficient (Wildman–Crippen LogP) is 8.47. The lowest BCUT2D eigenvalue weighted by Crippen LogP contribution is -1.93. The molecule has 33 heavy (non-hydrogen) atoms. The number of nitrogens with zero attached hydrogens (tertiary/aromatic N) is 3. The average molecular weight is 448 g/mol. The topological polar surface area (TPSA) is 85.8 Å². The zero-order valence-corrected chi connectivity index (χ0v) is 19.1. The van der Waals surface area contributed by atoms with Gasteiger partial charge in [0.1, 0.15) is 11.9 Å². The molecular weight excluding hydrogens is 417 g/mol. The van der Waals surface area contributed by atoms with Crippen LogP contribution in [0.4, 0.5) is 15.8 Å². The molecule has 0 saturated carbocycles. The lowest BCUT2D eigenvalue weighted by Gasteiger charge is -1.95. The van der Waals surface area contributed by atoms with Gasteiger partial charge in [0.25, 0.3) is 0 Å². The van der Waals surface area contributed by atoms with E-state index in [1.54, 1.807) is 30.3 Å². The molecule has 0 fully saturated rings. The summed E-state index contributed by atoms with van der Waals surface area (Å²) >= 11 is 0. The van der Waals surface area contributed by atoms with Gasteiger partial charge >= 0.3 is 5.97 Å². The van der Waals surface area contributed by atoms with Gasteiger partial charge in [0.2, 0.25) is 0 Å². The van der Waals surface area contributed by atoms with Crippen LogP contribution in [0.1, 0.15) is 61.9 Å². The SMILES string of the molecule is CCCCCCC.N#Cc1ccccc1F.O=C(O)c1ccc(N=Nc2ccccc2)cc1. The summed E-state index contributed by atoms with van der Waals surface area (Å²) in [5, 5.41) is 25.0. The number of benzene rings is 3. The highest BCUT2D eigenvalue weighted by Crippen LogP contribution is 2.18. The highest BCUT2D eigenvalue weighted by atomic mass is 19.1. The Morgan fingerprint density at radius 1 is 0.818 bits per heavy atom. The Hall–Kier alpha value is -3.85. The lowest BCUT2D eigenvalue weighted by atomic mass is 10.2. The molecule has 5 nitrogen and oxygen atoms in total. The number of rotatable bonds is 7. The molecule has 0 heterocycles.